The number of benzene rings is 12. The predicted octanol–water partition coefficient (Wildman–Crippen LogP) is 15.5. The Labute approximate surface area is 396 Å². The van der Waals surface area contributed by atoms with Crippen molar-refractivity contribution in [3.05, 3.63) is 283 Å². The number of fused-ring (bicyclic) bond motifs is 6. The molecular weight excluding hydrogens is 890 g/mol. The van der Waals surface area contributed by atoms with Crippen LogP contribution in [0, 0.1) is 0 Å². The molecule has 12 aromatic rings. The third kappa shape index (κ3) is 6.15. The van der Waals surface area contributed by atoms with Crippen molar-refractivity contribution in [3.63, 3.8) is 0 Å². The van der Waals surface area contributed by atoms with Gasteiger partial charge >= 0.3 is 5.97 Å². The van der Waals surface area contributed by atoms with Gasteiger partial charge in [0.05, 0.1) is 5.41 Å². The molecule has 0 aliphatic heterocycles. The molecule has 0 fully saturated rings. The average Bonchev–Trinajstić information content (AvgIpc) is 3.37. The molecule has 0 saturated heterocycles. The van der Waals surface area contributed by atoms with Gasteiger partial charge in [-0.25, -0.2) is 0 Å². The fourth-order valence-corrected chi connectivity index (χ4v) is 11.2. The molecule has 0 saturated carbocycles. The van der Waals surface area contributed by atoms with Crippen LogP contribution in [-0.2, 0) is 35.1 Å². The molecule has 0 radical (unpaired) electrons. The molecule has 314 valence electrons. The second-order valence-electron chi connectivity index (χ2n) is 17.0. The van der Waals surface area contributed by atoms with Crippen molar-refractivity contribution < 1.29 is 29.0 Å². The van der Waals surface area contributed by atoms with Gasteiger partial charge in [-0.05, 0) is 93.1 Å². The van der Waals surface area contributed by atoms with Gasteiger partial charge in [0.1, 0.15) is 11.2 Å². The topological polar surface area (TPSA) is 26.3 Å². The number of ether oxygens (including phenoxy) is 1. The van der Waals surface area contributed by atoms with E-state index in [1.54, 1.807) is 0 Å². The van der Waals surface area contributed by atoms with E-state index in [1.807, 2.05) is 30.3 Å². The Balaban J connectivity index is 0.00000481. The third-order valence-electron chi connectivity index (χ3n) is 13.8. The van der Waals surface area contributed by atoms with Crippen LogP contribution in [0.5, 0.6) is 5.75 Å². The molecular formula is C63H42O2Ru. The zero-order valence-corrected chi connectivity index (χ0v) is 37.7. The maximum Gasteiger partial charge on any atom is 0.328 e. The first-order valence-electron chi connectivity index (χ1n) is 22.3. The minimum absolute atomic E-state index is 0. The number of hydrogen-bond acceptors (Lipinski definition) is 2. The van der Waals surface area contributed by atoms with Gasteiger partial charge in [-0.2, -0.15) is 0 Å². The molecule has 2 nitrogen and oxygen atoms in total. The van der Waals surface area contributed by atoms with Crippen LogP contribution >= 0.6 is 0 Å². The van der Waals surface area contributed by atoms with Crippen LogP contribution in [0.4, 0.5) is 0 Å². The van der Waals surface area contributed by atoms with E-state index in [-0.39, 0.29) is 19.5 Å². The van der Waals surface area contributed by atoms with E-state index in [0.717, 1.165) is 92.5 Å². The molecule has 0 N–H and O–H groups in total. The molecule has 0 unspecified atom stereocenters. The molecule has 3 heteroatoms. The SMILES string of the molecule is O=C(Oc1cccc2ccccc12)C(c1cccc2ccccc12)(c1cccc2ccccc12)C(c1cccc2ccccc12)(c1cccc2ccccc12)c1cccc2ccccc12.[Ru]. The Morgan fingerprint density at radius 3 is 0.864 bits per heavy atom. The molecule has 0 heterocycles. The van der Waals surface area contributed by atoms with Crippen molar-refractivity contribution in [2.45, 2.75) is 10.8 Å². The van der Waals surface area contributed by atoms with Crippen molar-refractivity contribution in [3.8, 4) is 5.75 Å². The molecule has 0 spiro atoms. The van der Waals surface area contributed by atoms with Crippen LogP contribution in [0.3, 0.4) is 0 Å². The molecule has 66 heavy (non-hydrogen) atoms. The summed E-state index contributed by atoms with van der Waals surface area (Å²) in [6.45, 7) is 0. The summed E-state index contributed by atoms with van der Waals surface area (Å²) in [4.78, 5) is 17.7. The van der Waals surface area contributed by atoms with Gasteiger partial charge in [0.25, 0.3) is 0 Å². The maximum atomic E-state index is 17.7. The first-order chi connectivity index (χ1) is 32.2. The molecule has 0 aliphatic rings. The predicted molar refractivity (Wildman–Crippen MR) is 270 cm³/mol. The monoisotopic (exact) mass is 932 g/mol. The van der Waals surface area contributed by atoms with Crippen molar-refractivity contribution >= 4 is 70.6 Å². The van der Waals surface area contributed by atoms with Crippen molar-refractivity contribution in [2.75, 3.05) is 0 Å². The molecule has 0 bridgehead atoms. The van der Waals surface area contributed by atoms with Gasteiger partial charge in [0, 0.05) is 24.9 Å². The molecule has 0 atom stereocenters. The quantitative estimate of drug-likeness (QED) is 0.0657. The van der Waals surface area contributed by atoms with Crippen molar-refractivity contribution in [1.82, 2.24) is 0 Å². The van der Waals surface area contributed by atoms with E-state index < -0.39 is 16.8 Å². The second kappa shape index (κ2) is 16.7. The molecule has 0 aromatic heterocycles. The minimum atomic E-state index is -1.68. The van der Waals surface area contributed by atoms with E-state index in [2.05, 4.69) is 224 Å². The zero-order valence-electron chi connectivity index (χ0n) is 35.9. The van der Waals surface area contributed by atoms with Crippen molar-refractivity contribution in [2.24, 2.45) is 0 Å². The standard InChI is InChI=1S/C63H42O2.Ru/c64-61(65-60-42-18-30-48-24-6-12-36-54(48)60)63(58-40-16-28-46-22-4-10-34-52(46)58,59-41-17-29-47-23-5-11-35-53(47)59)62(55-37-13-25-43-19-1-7-31-49(43)55,56-38-14-26-44-20-2-8-32-50(44)56)57-39-15-27-45-21-3-9-33-51(45)57;/h1-42H;. The van der Waals surface area contributed by atoms with Gasteiger partial charge in [-0.1, -0.05) is 249 Å². The minimum Gasteiger partial charge on any atom is -0.425 e. The van der Waals surface area contributed by atoms with E-state index in [0.29, 0.717) is 5.75 Å². The van der Waals surface area contributed by atoms with Gasteiger partial charge in [-0.15, -0.1) is 0 Å². The maximum absolute atomic E-state index is 17.7. The van der Waals surface area contributed by atoms with Crippen molar-refractivity contribution in [1.29, 1.82) is 0 Å². The zero-order chi connectivity index (χ0) is 43.4. The largest absolute Gasteiger partial charge is 0.425 e. The van der Waals surface area contributed by atoms with Gasteiger partial charge in [0.15, 0.2) is 0 Å². The summed E-state index contributed by atoms with van der Waals surface area (Å²) in [5.74, 6) is 0.107. The van der Waals surface area contributed by atoms with Gasteiger partial charge in [-0.3, -0.25) is 4.79 Å². The molecule has 12 rings (SSSR count). The number of hydrogen-bond donors (Lipinski definition) is 0. The summed E-state index contributed by atoms with van der Waals surface area (Å²) in [5.41, 5.74) is 1.59. The van der Waals surface area contributed by atoms with E-state index in [9.17, 15) is 0 Å². The van der Waals surface area contributed by atoms with Crippen LogP contribution in [0.25, 0.3) is 64.6 Å². The Bertz CT molecular complexity index is 3510. The van der Waals surface area contributed by atoms with E-state index in [4.69, 9.17) is 4.74 Å². The van der Waals surface area contributed by atoms with Gasteiger partial charge < -0.3 is 4.74 Å². The molecule has 0 amide bonds. The summed E-state index contributed by atoms with van der Waals surface area (Å²) in [6, 6.07) is 89.7. The van der Waals surface area contributed by atoms with Crippen LogP contribution in [-0.4, -0.2) is 5.97 Å². The number of carbonyl (C=O) groups is 1. The van der Waals surface area contributed by atoms with Crippen LogP contribution in [0.15, 0.2) is 255 Å². The Morgan fingerprint density at radius 1 is 0.273 bits per heavy atom. The average molecular weight is 932 g/mol. The van der Waals surface area contributed by atoms with Crippen LogP contribution < -0.4 is 4.74 Å². The van der Waals surface area contributed by atoms with Crippen LogP contribution in [0.2, 0.25) is 0 Å². The number of esters is 1. The fourth-order valence-electron chi connectivity index (χ4n) is 11.2. The molecule has 0 aliphatic carbocycles. The molecule has 12 aromatic carbocycles. The van der Waals surface area contributed by atoms with Gasteiger partial charge in [0.2, 0.25) is 0 Å². The summed E-state index contributed by atoms with van der Waals surface area (Å²) in [6.07, 6.45) is 0. The smallest absolute Gasteiger partial charge is 0.328 e. The fraction of sp³-hybridized carbons (Fsp3) is 0.0317. The van der Waals surface area contributed by atoms with E-state index >= 15 is 4.79 Å². The first kappa shape index (κ1) is 41.0. The number of carbonyl (C=O) groups excluding carboxylic acids is 1. The summed E-state index contributed by atoms with van der Waals surface area (Å²) >= 11 is 0. The normalized spacial score (nSPS) is 11.9. The summed E-state index contributed by atoms with van der Waals surface area (Å²) in [5, 5.41) is 12.2. The Morgan fingerprint density at radius 2 is 0.515 bits per heavy atom. The second-order valence-corrected chi connectivity index (χ2v) is 17.0. The van der Waals surface area contributed by atoms with E-state index in [1.165, 1.54) is 0 Å². The Hall–Kier alpha value is -7.71. The Kier molecular flexibility index (Phi) is 10.4. The summed E-state index contributed by atoms with van der Waals surface area (Å²) < 4.78 is 7.37. The third-order valence-corrected chi connectivity index (χ3v) is 13.8. The first-order valence-corrected chi connectivity index (χ1v) is 22.3. The summed E-state index contributed by atoms with van der Waals surface area (Å²) in [7, 11) is 0. The number of rotatable bonds is 8. The van der Waals surface area contributed by atoms with Crippen LogP contribution in [0.1, 0.15) is 27.8 Å².